The predicted molar refractivity (Wildman–Crippen MR) is 79.0 cm³/mol. The second-order valence-electron chi connectivity index (χ2n) is 4.58. The lowest BCUT2D eigenvalue weighted by molar-refractivity contribution is -0.130. The van der Waals surface area contributed by atoms with Crippen molar-refractivity contribution in [1.29, 1.82) is 0 Å². The van der Waals surface area contributed by atoms with Gasteiger partial charge in [0.1, 0.15) is 18.0 Å². The van der Waals surface area contributed by atoms with Gasteiger partial charge in [-0.25, -0.2) is 0 Å². The van der Waals surface area contributed by atoms with Gasteiger partial charge >= 0.3 is 0 Å². The lowest BCUT2D eigenvalue weighted by Gasteiger charge is -2.28. The third kappa shape index (κ3) is 3.06. The molecule has 1 aromatic rings. The second kappa shape index (κ2) is 7.19. The quantitative estimate of drug-likeness (QED) is 0.358. The van der Waals surface area contributed by atoms with Gasteiger partial charge in [-0.2, -0.15) is 0 Å². The first-order chi connectivity index (χ1) is 10.3. The third-order valence-corrected chi connectivity index (χ3v) is 3.39. The van der Waals surface area contributed by atoms with Crippen LogP contribution in [0.3, 0.4) is 0 Å². The zero-order valence-corrected chi connectivity index (χ0v) is 12.2. The Kier molecular flexibility index (Phi) is 5.30. The lowest BCUT2D eigenvalue weighted by Crippen LogP contribution is -2.43. The summed E-state index contributed by atoms with van der Waals surface area (Å²) in [7, 11) is 0. The molecule has 0 spiro atoms. The molecule has 0 bridgehead atoms. The Balaban J connectivity index is 2.30. The molecule has 0 saturated carbocycles. The molecule has 21 heavy (non-hydrogen) atoms. The number of para-hydroxylation sites is 1. The van der Waals surface area contributed by atoms with Crippen LogP contribution in [-0.4, -0.2) is 49.3 Å². The van der Waals surface area contributed by atoms with Crippen molar-refractivity contribution >= 4 is 17.7 Å². The molecule has 114 valence electrons. The Morgan fingerprint density at radius 1 is 1.33 bits per heavy atom. The van der Waals surface area contributed by atoms with E-state index in [0.29, 0.717) is 25.5 Å². The zero-order chi connectivity index (χ0) is 15.2. The minimum absolute atomic E-state index is 0.354. The fourth-order valence-electron chi connectivity index (χ4n) is 2.55. The van der Waals surface area contributed by atoms with Crippen LogP contribution >= 0.6 is 0 Å². The van der Waals surface area contributed by atoms with Gasteiger partial charge in [0.25, 0.3) is 0 Å². The standard InChI is InChI=1S/C15H20N2O4/c1-3-20-14(21-4-2)9-17-12-8-6-5-7-11(12)15(16-19)13(17)10-18/h5-8,10,13-14,19H,3-4,9H2,1-2H3. The van der Waals surface area contributed by atoms with E-state index < -0.39 is 12.3 Å². The van der Waals surface area contributed by atoms with Crippen LogP contribution in [0.15, 0.2) is 29.4 Å². The van der Waals surface area contributed by atoms with E-state index in [1.807, 2.05) is 43.0 Å². The zero-order valence-electron chi connectivity index (χ0n) is 12.2. The molecule has 0 saturated heterocycles. The molecule has 1 heterocycles. The molecule has 1 aliphatic rings. The molecule has 0 amide bonds. The third-order valence-electron chi connectivity index (χ3n) is 3.39. The number of aldehydes is 1. The Morgan fingerprint density at radius 2 is 2.00 bits per heavy atom. The molecule has 6 heteroatoms. The summed E-state index contributed by atoms with van der Waals surface area (Å²) in [5.41, 5.74) is 1.95. The van der Waals surface area contributed by atoms with Crippen LogP contribution in [-0.2, 0) is 14.3 Å². The molecule has 0 fully saturated rings. The number of nitrogens with zero attached hydrogens (tertiary/aromatic N) is 2. The molecule has 1 N–H and O–H groups in total. The maximum atomic E-state index is 11.4. The van der Waals surface area contributed by atoms with Gasteiger partial charge in [0, 0.05) is 24.5 Å². The number of rotatable bonds is 7. The maximum absolute atomic E-state index is 11.4. The largest absolute Gasteiger partial charge is 0.411 e. The highest BCUT2D eigenvalue weighted by Crippen LogP contribution is 2.32. The molecular formula is C15H20N2O4. The number of anilines is 1. The van der Waals surface area contributed by atoms with Gasteiger partial charge in [0.15, 0.2) is 6.29 Å². The average molecular weight is 292 g/mol. The summed E-state index contributed by atoms with van der Waals surface area (Å²) >= 11 is 0. The summed E-state index contributed by atoms with van der Waals surface area (Å²) in [6, 6.07) is 6.81. The molecule has 0 radical (unpaired) electrons. The van der Waals surface area contributed by atoms with E-state index >= 15 is 0 Å². The number of oxime groups is 1. The van der Waals surface area contributed by atoms with Gasteiger partial charge in [-0.3, -0.25) is 0 Å². The number of carbonyl (C=O) groups excluding carboxylic acids is 1. The van der Waals surface area contributed by atoms with Gasteiger partial charge in [-0.05, 0) is 19.9 Å². The first-order valence-electron chi connectivity index (χ1n) is 7.03. The van der Waals surface area contributed by atoms with Crippen molar-refractivity contribution in [1.82, 2.24) is 0 Å². The molecule has 1 unspecified atom stereocenters. The highest BCUT2D eigenvalue weighted by atomic mass is 16.7. The lowest BCUT2D eigenvalue weighted by atomic mass is 10.1. The maximum Gasteiger partial charge on any atom is 0.174 e. The highest BCUT2D eigenvalue weighted by Gasteiger charge is 2.36. The molecule has 0 aliphatic carbocycles. The molecule has 1 aromatic carbocycles. The fraction of sp³-hybridized carbons (Fsp3) is 0.467. The first-order valence-corrected chi connectivity index (χ1v) is 7.03. The van der Waals surface area contributed by atoms with E-state index in [1.54, 1.807) is 0 Å². The number of carbonyl (C=O) groups is 1. The number of hydrogen-bond donors (Lipinski definition) is 1. The van der Waals surface area contributed by atoms with Crippen molar-refractivity contribution in [2.45, 2.75) is 26.2 Å². The summed E-state index contributed by atoms with van der Waals surface area (Å²) in [5.74, 6) is 0. The van der Waals surface area contributed by atoms with Crippen molar-refractivity contribution in [3.05, 3.63) is 29.8 Å². The van der Waals surface area contributed by atoms with E-state index in [9.17, 15) is 10.0 Å². The summed E-state index contributed by atoms with van der Waals surface area (Å²) in [6.07, 6.45) is 0.331. The molecule has 2 rings (SSSR count). The molecular weight excluding hydrogens is 272 g/mol. The monoisotopic (exact) mass is 292 g/mol. The summed E-state index contributed by atoms with van der Waals surface area (Å²) in [4.78, 5) is 13.3. The topological polar surface area (TPSA) is 71.4 Å². The molecule has 1 aliphatic heterocycles. The fourth-order valence-corrected chi connectivity index (χ4v) is 2.55. The van der Waals surface area contributed by atoms with Gasteiger partial charge in [-0.1, -0.05) is 23.4 Å². The van der Waals surface area contributed by atoms with E-state index in [4.69, 9.17) is 9.47 Å². The number of ether oxygens (including phenoxy) is 2. The van der Waals surface area contributed by atoms with Crippen molar-refractivity contribution in [3.63, 3.8) is 0 Å². The molecule has 1 atom stereocenters. The smallest absolute Gasteiger partial charge is 0.174 e. The first kappa shape index (κ1) is 15.5. The molecule has 6 nitrogen and oxygen atoms in total. The van der Waals surface area contributed by atoms with Crippen LogP contribution < -0.4 is 4.90 Å². The summed E-state index contributed by atoms with van der Waals surface area (Å²) < 4.78 is 11.1. The van der Waals surface area contributed by atoms with Crippen LogP contribution in [0.25, 0.3) is 0 Å². The minimum atomic E-state index is -0.629. The number of fused-ring (bicyclic) bond motifs is 1. The molecule has 0 aromatic heterocycles. The highest BCUT2D eigenvalue weighted by molar-refractivity contribution is 6.20. The van der Waals surface area contributed by atoms with Crippen molar-refractivity contribution in [3.8, 4) is 0 Å². The van der Waals surface area contributed by atoms with Crippen LogP contribution in [0.4, 0.5) is 5.69 Å². The SMILES string of the molecule is CCOC(CN1c2ccccc2C(=NO)C1C=O)OCC. The Hall–Kier alpha value is -1.92. The second-order valence-corrected chi connectivity index (χ2v) is 4.58. The van der Waals surface area contributed by atoms with Gasteiger partial charge in [0.2, 0.25) is 0 Å². The Bertz CT molecular complexity index is 512. The minimum Gasteiger partial charge on any atom is -0.411 e. The summed E-state index contributed by atoms with van der Waals surface area (Å²) in [6.45, 7) is 5.21. The van der Waals surface area contributed by atoms with Crippen LogP contribution in [0, 0.1) is 0 Å². The van der Waals surface area contributed by atoms with Crippen LogP contribution in [0.1, 0.15) is 19.4 Å². The van der Waals surface area contributed by atoms with E-state index in [2.05, 4.69) is 5.16 Å². The van der Waals surface area contributed by atoms with Crippen LogP contribution in [0.2, 0.25) is 0 Å². The van der Waals surface area contributed by atoms with E-state index in [0.717, 1.165) is 17.5 Å². The Morgan fingerprint density at radius 3 is 2.57 bits per heavy atom. The predicted octanol–water partition coefficient (Wildman–Crippen LogP) is 1.65. The van der Waals surface area contributed by atoms with Crippen molar-refractivity contribution in [2.24, 2.45) is 5.16 Å². The number of benzene rings is 1. The van der Waals surface area contributed by atoms with Crippen molar-refractivity contribution < 1.29 is 19.5 Å². The van der Waals surface area contributed by atoms with Gasteiger partial charge in [-0.15, -0.1) is 0 Å². The Labute approximate surface area is 124 Å². The van der Waals surface area contributed by atoms with Crippen LogP contribution in [0.5, 0.6) is 0 Å². The van der Waals surface area contributed by atoms with E-state index in [-0.39, 0.29) is 0 Å². The van der Waals surface area contributed by atoms with Crippen molar-refractivity contribution in [2.75, 3.05) is 24.7 Å². The summed E-state index contributed by atoms with van der Waals surface area (Å²) in [5, 5.41) is 12.5. The van der Waals surface area contributed by atoms with Gasteiger partial charge in [0.05, 0.1) is 6.54 Å². The van der Waals surface area contributed by atoms with Gasteiger partial charge < -0.3 is 24.4 Å². The average Bonchev–Trinajstić information content (AvgIpc) is 2.81. The normalized spacial score (nSPS) is 19.3. The number of hydrogen-bond acceptors (Lipinski definition) is 6. The van der Waals surface area contributed by atoms with E-state index in [1.165, 1.54) is 0 Å².